The first-order valence-electron chi connectivity index (χ1n) is 7.62. The highest BCUT2D eigenvalue weighted by Crippen LogP contribution is 2.39. The van der Waals surface area contributed by atoms with Gasteiger partial charge < -0.3 is 4.74 Å². The smallest absolute Gasteiger partial charge is 0.169 e. The number of hydrogen-bond donors (Lipinski definition) is 0. The van der Waals surface area contributed by atoms with E-state index in [1.807, 2.05) is 42.5 Å². The summed E-state index contributed by atoms with van der Waals surface area (Å²) in [5.74, 6) is 0.837. The average molecular weight is 440 g/mol. The van der Waals surface area contributed by atoms with Crippen LogP contribution in [0.1, 0.15) is 24.8 Å². The van der Waals surface area contributed by atoms with Gasteiger partial charge in [-0.25, -0.2) is 0 Å². The normalized spacial score (nSPS) is 20.0. The van der Waals surface area contributed by atoms with Gasteiger partial charge >= 0.3 is 0 Å². The molecule has 1 aromatic carbocycles. The number of ether oxygens (including phenoxy) is 1. The molecule has 0 aliphatic heterocycles. The molecule has 1 atom stereocenters. The van der Waals surface area contributed by atoms with Crippen LogP contribution >= 0.6 is 31.9 Å². The van der Waals surface area contributed by atoms with Gasteiger partial charge in [0, 0.05) is 5.33 Å². The summed E-state index contributed by atoms with van der Waals surface area (Å²) in [6.45, 7) is 4.36. The van der Waals surface area contributed by atoms with Crippen molar-refractivity contribution >= 4 is 37.6 Å². The predicted octanol–water partition coefficient (Wildman–Crippen LogP) is 5.47. The lowest BCUT2D eigenvalue weighted by Crippen LogP contribution is -2.33. The van der Waals surface area contributed by atoms with E-state index in [0.717, 1.165) is 34.0 Å². The van der Waals surface area contributed by atoms with Crippen molar-refractivity contribution in [2.45, 2.75) is 24.7 Å². The van der Waals surface area contributed by atoms with Crippen molar-refractivity contribution in [3.05, 3.63) is 65.2 Å². The average Bonchev–Trinajstić information content (AvgIpc) is 2.58. The number of hydrogen-bond acceptors (Lipinski definition) is 2. The minimum absolute atomic E-state index is 0.00443. The van der Waals surface area contributed by atoms with Gasteiger partial charge in [-0.3, -0.25) is 4.79 Å². The van der Waals surface area contributed by atoms with Crippen molar-refractivity contribution in [1.29, 1.82) is 0 Å². The molecule has 1 aliphatic rings. The first kappa shape index (κ1) is 18.2. The van der Waals surface area contributed by atoms with Gasteiger partial charge in [0.1, 0.15) is 5.75 Å². The zero-order valence-electron chi connectivity index (χ0n) is 12.9. The van der Waals surface area contributed by atoms with Crippen LogP contribution in [0, 0.1) is 0 Å². The quantitative estimate of drug-likeness (QED) is 0.305. The van der Waals surface area contributed by atoms with Crippen LogP contribution in [-0.4, -0.2) is 17.7 Å². The third-order valence-corrected chi connectivity index (χ3v) is 5.00. The molecule has 0 radical (unpaired) electrons. The van der Waals surface area contributed by atoms with Crippen LogP contribution in [-0.2, 0) is 10.2 Å². The Balaban J connectivity index is 2.18. The van der Waals surface area contributed by atoms with Crippen molar-refractivity contribution in [1.82, 2.24) is 0 Å². The van der Waals surface area contributed by atoms with Gasteiger partial charge in [0.2, 0.25) is 0 Å². The predicted molar refractivity (Wildman–Crippen MR) is 103 cm³/mol. The molecular formula is C19H20Br2O2. The fourth-order valence-corrected chi connectivity index (χ4v) is 3.62. The summed E-state index contributed by atoms with van der Waals surface area (Å²) in [4.78, 5) is 12.5. The van der Waals surface area contributed by atoms with Gasteiger partial charge in [0.25, 0.3) is 0 Å². The number of allylic oxidation sites excluding steroid dienone is 5. The molecule has 0 heterocycles. The molecule has 4 heteroatoms. The molecule has 0 aromatic heterocycles. The molecule has 23 heavy (non-hydrogen) atoms. The maximum atomic E-state index is 12.5. The maximum absolute atomic E-state index is 12.5. The van der Waals surface area contributed by atoms with Gasteiger partial charge in [0.05, 0.1) is 12.0 Å². The number of unbranched alkanes of at least 4 members (excludes halogenated alkanes) is 1. The number of rotatable bonds is 8. The minimum atomic E-state index is -0.677. The third-order valence-electron chi connectivity index (χ3n) is 3.90. The Bertz CT molecular complexity index is 617. The lowest BCUT2D eigenvalue weighted by atomic mass is 9.72. The van der Waals surface area contributed by atoms with Crippen LogP contribution in [0.2, 0.25) is 0 Å². The fraction of sp³-hybridized carbons (Fsp3) is 0.316. The van der Waals surface area contributed by atoms with Crippen LogP contribution in [0.25, 0.3) is 0 Å². The molecule has 1 aliphatic carbocycles. The number of carbonyl (C=O) groups excluding carboxylic acids is 1. The Labute approximate surface area is 154 Å². The highest BCUT2D eigenvalue weighted by atomic mass is 79.9. The van der Waals surface area contributed by atoms with Crippen LogP contribution in [0.5, 0.6) is 5.75 Å². The van der Waals surface area contributed by atoms with Crippen molar-refractivity contribution in [2.24, 2.45) is 0 Å². The van der Waals surface area contributed by atoms with Gasteiger partial charge in [-0.05, 0) is 47.5 Å². The Morgan fingerprint density at radius 3 is 2.65 bits per heavy atom. The largest absolute Gasteiger partial charge is 0.494 e. The highest BCUT2D eigenvalue weighted by molar-refractivity contribution is 9.11. The fourth-order valence-electron chi connectivity index (χ4n) is 2.63. The second-order valence-corrected chi connectivity index (χ2v) is 7.27. The SMILES string of the molecule is C=CC(=O)C1(c2ccc(OCCCCBr)cc2)C=CC=C(Br)C1. The molecule has 122 valence electrons. The number of halogens is 2. The minimum Gasteiger partial charge on any atom is -0.494 e. The Kier molecular flexibility index (Phi) is 6.85. The van der Waals surface area contributed by atoms with E-state index in [4.69, 9.17) is 4.74 Å². The van der Waals surface area contributed by atoms with Crippen LogP contribution in [0.3, 0.4) is 0 Å². The summed E-state index contributed by atoms with van der Waals surface area (Å²) in [6, 6.07) is 7.80. The van der Waals surface area contributed by atoms with Crippen molar-refractivity contribution in [3.8, 4) is 5.75 Å². The summed E-state index contributed by atoms with van der Waals surface area (Å²) in [7, 11) is 0. The first-order valence-corrected chi connectivity index (χ1v) is 9.54. The van der Waals surface area contributed by atoms with Gasteiger partial charge in [-0.15, -0.1) is 0 Å². The molecule has 1 aromatic rings. The summed E-state index contributed by atoms with van der Waals surface area (Å²) in [5.41, 5.74) is 0.278. The van der Waals surface area contributed by atoms with Crippen molar-refractivity contribution < 1.29 is 9.53 Å². The molecule has 0 bridgehead atoms. The van der Waals surface area contributed by atoms with E-state index in [9.17, 15) is 4.79 Å². The van der Waals surface area contributed by atoms with E-state index in [1.54, 1.807) is 0 Å². The monoisotopic (exact) mass is 438 g/mol. The number of carbonyl (C=O) groups is 1. The summed E-state index contributed by atoms with van der Waals surface area (Å²) in [5, 5.41) is 0.996. The first-order chi connectivity index (χ1) is 11.1. The third kappa shape index (κ3) is 4.45. The van der Waals surface area contributed by atoms with E-state index in [0.29, 0.717) is 13.0 Å². The summed E-state index contributed by atoms with van der Waals surface area (Å²) >= 11 is 6.93. The summed E-state index contributed by atoms with van der Waals surface area (Å²) in [6.07, 6.45) is 9.97. The number of benzene rings is 1. The Morgan fingerprint density at radius 2 is 2.04 bits per heavy atom. The van der Waals surface area contributed by atoms with E-state index >= 15 is 0 Å². The maximum Gasteiger partial charge on any atom is 0.169 e. The Morgan fingerprint density at radius 1 is 1.30 bits per heavy atom. The van der Waals surface area contributed by atoms with Crippen LogP contribution in [0.4, 0.5) is 0 Å². The molecule has 0 amide bonds. The molecule has 0 N–H and O–H groups in total. The van der Waals surface area contributed by atoms with E-state index in [1.165, 1.54) is 6.08 Å². The standard InChI is InChI=1S/C19H20Br2O2/c1-2-18(22)19(11-5-6-16(21)14-19)15-7-9-17(10-8-15)23-13-4-3-12-20/h2,5-11H,1,3-4,12-14H2. The van der Waals surface area contributed by atoms with E-state index in [-0.39, 0.29) is 5.78 Å². The Hall–Kier alpha value is -1.13. The highest BCUT2D eigenvalue weighted by Gasteiger charge is 2.37. The lowest BCUT2D eigenvalue weighted by molar-refractivity contribution is -0.118. The number of ketones is 1. The molecule has 0 fully saturated rings. The zero-order chi connectivity index (χ0) is 16.7. The molecule has 1 unspecified atom stereocenters. The second kappa shape index (κ2) is 8.65. The second-order valence-electron chi connectivity index (χ2n) is 5.46. The van der Waals surface area contributed by atoms with Crippen LogP contribution < -0.4 is 4.74 Å². The molecule has 0 spiro atoms. The summed E-state index contributed by atoms with van der Waals surface area (Å²) < 4.78 is 6.73. The molecular weight excluding hydrogens is 420 g/mol. The lowest BCUT2D eigenvalue weighted by Gasteiger charge is -2.30. The van der Waals surface area contributed by atoms with Crippen molar-refractivity contribution in [3.63, 3.8) is 0 Å². The molecule has 0 saturated carbocycles. The topological polar surface area (TPSA) is 26.3 Å². The van der Waals surface area contributed by atoms with Gasteiger partial charge in [0.15, 0.2) is 5.78 Å². The van der Waals surface area contributed by atoms with E-state index in [2.05, 4.69) is 38.4 Å². The van der Waals surface area contributed by atoms with Crippen molar-refractivity contribution in [2.75, 3.05) is 11.9 Å². The molecule has 2 nitrogen and oxygen atoms in total. The van der Waals surface area contributed by atoms with Gasteiger partial charge in [-0.1, -0.05) is 68.8 Å². The molecule has 2 rings (SSSR count). The zero-order valence-corrected chi connectivity index (χ0v) is 16.1. The van der Waals surface area contributed by atoms with E-state index < -0.39 is 5.41 Å². The van der Waals surface area contributed by atoms with Crippen LogP contribution in [0.15, 0.2) is 59.6 Å². The van der Waals surface area contributed by atoms with Gasteiger partial charge in [-0.2, -0.15) is 0 Å². The molecule has 0 saturated heterocycles. The number of alkyl halides is 1.